The molecular formula is C12H8BrClFNO2S. The lowest BCUT2D eigenvalue weighted by molar-refractivity contribution is 0.570. The van der Waals surface area contributed by atoms with Crippen LogP contribution in [-0.2, 0) is 10.0 Å². The number of benzene rings is 2. The minimum atomic E-state index is -3.97. The topological polar surface area (TPSA) is 46.2 Å². The van der Waals surface area contributed by atoms with Crippen molar-refractivity contribution in [3.63, 3.8) is 0 Å². The molecule has 0 unspecified atom stereocenters. The van der Waals surface area contributed by atoms with E-state index in [-0.39, 0.29) is 5.02 Å². The third kappa shape index (κ3) is 3.46. The van der Waals surface area contributed by atoms with Gasteiger partial charge in [-0.2, -0.15) is 0 Å². The molecule has 0 aliphatic rings. The molecule has 0 spiro atoms. The van der Waals surface area contributed by atoms with E-state index in [0.29, 0.717) is 5.69 Å². The van der Waals surface area contributed by atoms with Crippen LogP contribution in [0.15, 0.2) is 51.8 Å². The van der Waals surface area contributed by atoms with E-state index in [1.54, 1.807) is 24.3 Å². The molecular weight excluding hydrogens is 357 g/mol. The molecule has 3 nitrogen and oxygen atoms in total. The second-order valence-electron chi connectivity index (χ2n) is 3.69. The Morgan fingerprint density at radius 2 is 1.74 bits per heavy atom. The van der Waals surface area contributed by atoms with E-state index in [1.807, 2.05) is 0 Å². The van der Waals surface area contributed by atoms with Crippen molar-refractivity contribution in [1.82, 2.24) is 0 Å². The van der Waals surface area contributed by atoms with E-state index in [9.17, 15) is 12.8 Å². The van der Waals surface area contributed by atoms with Crippen molar-refractivity contribution >= 4 is 43.2 Å². The van der Waals surface area contributed by atoms with Gasteiger partial charge in [-0.3, -0.25) is 4.72 Å². The van der Waals surface area contributed by atoms with Crippen LogP contribution in [0.3, 0.4) is 0 Å². The molecule has 0 saturated heterocycles. The van der Waals surface area contributed by atoms with Gasteiger partial charge in [0.15, 0.2) is 0 Å². The largest absolute Gasteiger partial charge is 0.280 e. The van der Waals surface area contributed by atoms with Gasteiger partial charge in [-0.15, -0.1) is 0 Å². The Balaban J connectivity index is 2.35. The summed E-state index contributed by atoms with van der Waals surface area (Å²) in [6.45, 7) is 0. The molecule has 0 aliphatic carbocycles. The Morgan fingerprint density at radius 3 is 2.32 bits per heavy atom. The van der Waals surface area contributed by atoms with Gasteiger partial charge in [0.05, 0.1) is 0 Å². The van der Waals surface area contributed by atoms with E-state index < -0.39 is 20.7 Å². The molecule has 2 aromatic carbocycles. The zero-order valence-corrected chi connectivity index (χ0v) is 12.6. The van der Waals surface area contributed by atoms with Crippen LogP contribution in [0.2, 0.25) is 5.02 Å². The first-order chi connectivity index (χ1) is 8.88. The first-order valence-corrected chi connectivity index (χ1v) is 7.77. The van der Waals surface area contributed by atoms with Crippen LogP contribution in [0.1, 0.15) is 0 Å². The molecule has 1 N–H and O–H groups in total. The zero-order valence-electron chi connectivity index (χ0n) is 9.40. The van der Waals surface area contributed by atoms with Crippen molar-refractivity contribution in [2.24, 2.45) is 0 Å². The standard InChI is InChI=1S/C12H8BrClFNO2S/c13-8-1-4-10(5-2-8)16-19(17,18)12-6-3-9(14)7-11(12)15/h1-7,16H. The third-order valence-electron chi connectivity index (χ3n) is 2.28. The number of hydrogen-bond acceptors (Lipinski definition) is 2. The molecule has 0 fully saturated rings. The summed E-state index contributed by atoms with van der Waals surface area (Å²) < 4.78 is 40.7. The average Bonchev–Trinajstić information content (AvgIpc) is 2.31. The summed E-state index contributed by atoms with van der Waals surface area (Å²) in [5, 5.41) is 0.139. The number of hydrogen-bond donors (Lipinski definition) is 1. The number of halogens is 3. The lowest BCUT2D eigenvalue weighted by Gasteiger charge is -2.09. The van der Waals surface area contributed by atoms with Crippen LogP contribution in [0.5, 0.6) is 0 Å². The quantitative estimate of drug-likeness (QED) is 0.893. The molecule has 7 heteroatoms. The lowest BCUT2D eigenvalue weighted by Crippen LogP contribution is -2.14. The maximum absolute atomic E-state index is 13.6. The highest BCUT2D eigenvalue weighted by Gasteiger charge is 2.19. The predicted molar refractivity (Wildman–Crippen MR) is 76.4 cm³/mol. The first kappa shape index (κ1) is 14.3. The smallest absolute Gasteiger partial charge is 0.264 e. The minimum absolute atomic E-state index is 0.139. The van der Waals surface area contributed by atoms with E-state index >= 15 is 0 Å². The van der Waals surface area contributed by atoms with E-state index in [1.165, 1.54) is 6.07 Å². The van der Waals surface area contributed by atoms with Crippen LogP contribution < -0.4 is 4.72 Å². The molecule has 0 atom stereocenters. The molecule has 100 valence electrons. The SMILES string of the molecule is O=S(=O)(Nc1ccc(Br)cc1)c1ccc(Cl)cc1F. The van der Waals surface area contributed by atoms with Gasteiger partial charge in [0.1, 0.15) is 10.7 Å². The number of anilines is 1. The highest BCUT2D eigenvalue weighted by atomic mass is 79.9. The Morgan fingerprint density at radius 1 is 1.11 bits per heavy atom. The second-order valence-corrected chi connectivity index (χ2v) is 6.69. The highest BCUT2D eigenvalue weighted by molar-refractivity contribution is 9.10. The molecule has 0 aliphatic heterocycles. The van der Waals surface area contributed by atoms with Gasteiger partial charge in [-0.25, -0.2) is 12.8 Å². The fourth-order valence-corrected chi connectivity index (χ4v) is 2.96. The Bertz CT molecular complexity index is 704. The summed E-state index contributed by atoms with van der Waals surface area (Å²) >= 11 is 8.82. The molecule has 0 amide bonds. The maximum atomic E-state index is 13.6. The van der Waals surface area contributed by atoms with Crippen LogP contribution in [-0.4, -0.2) is 8.42 Å². The summed E-state index contributed by atoms with van der Waals surface area (Å²) in [4.78, 5) is -0.445. The van der Waals surface area contributed by atoms with Crippen LogP contribution in [0.4, 0.5) is 10.1 Å². The zero-order chi connectivity index (χ0) is 14.0. The fourth-order valence-electron chi connectivity index (χ4n) is 1.42. The number of sulfonamides is 1. The first-order valence-electron chi connectivity index (χ1n) is 5.12. The summed E-state index contributed by atoms with van der Waals surface area (Å²) in [6.07, 6.45) is 0. The Kier molecular flexibility index (Phi) is 4.13. The van der Waals surface area contributed by atoms with E-state index in [2.05, 4.69) is 20.7 Å². The molecule has 2 rings (SSSR count). The Hall–Kier alpha value is -1.11. The van der Waals surface area contributed by atoms with Crippen LogP contribution >= 0.6 is 27.5 Å². The van der Waals surface area contributed by atoms with E-state index in [0.717, 1.165) is 16.6 Å². The predicted octanol–water partition coefficient (Wildman–Crippen LogP) is 4.04. The average molecular weight is 365 g/mol. The van der Waals surface area contributed by atoms with Crippen molar-refractivity contribution < 1.29 is 12.8 Å². The maximum Gasteiger partial charge on any atom is 0.264 e. The Labute approximate surface area is 123 Å². The van der Waals surface area contributed by atoms with Gasteiger partial charge >= 0.3 is 0 Å². The lowest BCUT2D eigenvalue weighted by atomic mass is 10.3. The van der Waals surface area contributed by atoms with Gasteiger partial charge in [0.2, 0.25) is 0 Å². The number of nitrogens with one attached hydrogen (secondary N) is 1. The van der Waals surface area contributed by atoms with Gasteiger partial charge in [0.25, 0.3) is 10.0 Å². The van der Waals surface area contributed by atoms with Gasteiger partial charge in [-0.05, 0) is 42.5 Å². The van der Waals surface area contributed by atoms with Crippen molar-refractivity contribution in [1.29, 1.82) is 0 Å². The minimum Gasteiger partial charge on any atom is -0.280 e. The van der Waals surface area contributed by atoms with Gasteiger partial charge in [0, 0.05) is 15.2 Å². The summed E-state index contributed by atoms with van der Waals surface area (Å²) in [7, 11) is -3.97. The normalized spacial score (nSPS) is 11.3. The third-order valence-corrected chi connectivity index (χ3v) is 4.46. The van der Waals surface area contributed by atoms with Crippen molar-refractivity contribution in [3.05, 3.63) is 57.8 Å². The monoisotopic (exact) mass is 363 g/mol. The molecule has 0 aromatic heterocycles. The summed E-state index contributed by atoms with van der Waals surface area (Å²) in [5.74, 6) is -0.892. The van der Waals surface area contributed by atoms with Crippen molar-refractivity contribution in [2.45, 2.75) is 4.90 Å². The van der Waals surface area contributed by atoms with Crippen LogP contribution in [0.25, 0.3) is 0 Å². The molecule has 0 saturated carbocycles. The second kappa shape index (κ2) is 5.48. The molecule has 0 radical (unpaired) electrons. The van der Waals surface area contributed by atoms with Crippen LogP contribution in [0, 0.1) is 5.82 Å². The molecule has 0 heterocycles. The van der Waals surface area contributed by atoms with E-state index in [4.69, 9.17) is 11.6 Å². The van der Waals surface area contributed by atoms with Crippen molar-refractivity contribution in [2.75, 3.05) is 4.72 Å². The molecule has 0 bridgehead atoms. The summed E-state index contributed by atoms with van der Waals surface area (Å²) in [5.41, 5.74) is 0.345. The highest BCUT2D eigenvalue weighted by Crippen LogP contribution is 2.22. The van der Waals surface area contributed by atoms with Crippen molar-refractivity contribution in [3.8, 4) is 0 Å². The van der Waals surface area contributed by atoms with Gasteiger partial charge < -0.3 is 0 Å². The van der Waals surface area contributed by atoms with Gasteiger partial charge in [-0.1, -0.05) is 27.5 Å². The molecule has 19 heavy (non-hydrogen) atoms. The molecule has 2 aromatic rings. The summed E-state index contributed by atoms with van der Waals surface area (Å²) in [6, 6.07) is 9.88. The number of rotatable bonds is 3. The fraction of sp³-hybridized carbons (Fsp3) is 0.